The van der Waals surface area contributed by atoms with Gasteiger partial charge in [0.15, 0.2) is 0 Å². The summed E-state index contributed by atoms with van der Waals surface area (Å²) in [6.45, 7) is 0. The number of imidazole rings is 1. The van der Waals surface area contributed by atoms with Crippen LogP contribution in [-0.4, -0.2) is 27.5 Å². The molecule has 6 rings (SSSR count). The minimum Gasteiger partial charge on any atom is -0.462 e. The lowest BCUT2D eigenvalue weighted by molar-refractivity contribution is -0.170. The third kappa shape index (κ3) is 3.84. The molecule has 4 aliphatic rings. The third-order valence-corrected chi connectivity index (χ3v) is 7.40. The molecule has 1 heterocycles. The van der Waals surface area contributed by atoms with Crippen LogP contribution in [0, 0.1) is 23.7 Å². The van der Waals surface area contributed by atoms with Gasteiger partial charge in [0.1, 0.15) is 12.4 Å². The fraction of sp³-hybridized carbons (Fsp3) is 0.625. The van der Waals surface area contributed by atoms with E-state index in [0.29, 0.717) is 24.7 Å². The number of benzene rings is 1. The maximum Gasteiger partial charge on any atom is 0.306 e. The van der Waals surface area contributed by atoms with Crippen molar-refractivity contribution in [2.45, 2.75) is 70.3 Å². The molecule has 5 nitrogen and oxygen atoms in total. The summed E-state index contributed by atoms with van der Waals surface area (Å²) < 4.78 is 7.58. The van der Waals surface area contributed by atoms with Crippen molar-refractivity contribution < 1.29 is 14.3 Å². The summed E-state index contributed by atoms with van der Waals surface area (Å²) in [5.74, 6) is 3.08. The first-order chi connectivity index (χ1) is 14.2. The van der Waals surface area contributed by atoms with Crippen LogP contribution in [-0.2, 0) is 9.53 Å². The van der Waals surface area contributed by atoms with Crippen molar-refractivity contribution in [3.05, 3.63) is 30.6 Å². The van der Waals surface area contributed by atoms with E-state index >= 15 is 0 Å². The number of rotatable bonds is 7. The molecule has 0 aliphatic heterocycles. The van der Waals surface area contributed by atoms with Crippen LogP contribution in [0.4, 0.5) is 0 Å². The van der Waals surface area contributed by atoms with E-state index in [0.717, 1.165) is 42.1 Å². The van der Waals surface area contributed by atoms with E-state index in [1.165, 1.54) is 32.1 Å². The highest BCUT2D eigenvalue weighted by atomic mass is 16.5. The molecular formula is C24H30N2O3. The van der Waals surface area contributed by atoms with Crippen LogP contribution in [0.3, 0.4) is 0 Å². The zero-order valence-corrected chi connectivity index (χ0v) is 17.0. The minimum absolute atomic E-state index is 0.0330. The molecule has 1 aromatic heterocycles. The summed E-state index contributed by atoms with van der Waals surface area (Å²) in [5, 5.41) is 0. The Bertz CT molecular complexity index is 874. The van der Waals surface area contributed by atoms with Crippen LogP contribution in [0.5, 0.6) is 0 Å². The molecule has 2 aromatic rings. The Hall–Kier alpha value is -2.17. The van der Waals surface area contributed by atoms with Gasteiger partial charge in [0.25, 0.3) is 0 Å². The van der Waals surface area contributed by atoms with Crippen molar-refractivity contribution in [3.63, 3.8) is 0 Å². The van der Waals surface area contributed by atoms with Crippen LogP contribution >= 0.6 is 0 Å². The van der Waals surface area contributed by atoms with Gasteiger partial charge in [0.2, 0.25) is 5.91 Å². The molecular weight excluding hydrogens is 364 g/mol. The Morgan fingerprint density at radius 1 is 0.931 bits per heavy atom. The van der Waals surface area contributed by atoms with Crippen LogP contribution in [0.25, 0.3) is 11.0 Å². The highest BCUT2D eigenvalue weighted by molar-refractivity contribution is 5.90. The number of hydrogen-bond acceptors (Lipinski definition) is 4. The second-order valence-corrected chi connectivity index (χ2v) is 9.44. The number of fused-ring (bicyclic) bond motifs is 1. The molecule has 4 saturated carbocycles. The Labute approximate surface area is 171 Å². The van der Waals surface area contributed by atoms with Gasteiger partial charge < -0.3 is 4.74 Å². The lowest BCUT2D eigenvalue weighted by Crippen LogP contribution is -2.50. The van der Waals surface area contributed by atoms with E-state index in [1.54, 1.807) is 10.9 Å². The van der Waals surface area contributed by atoms with Gasteiger partial charge in [-0.2, -0.15) is 0 Å². The van der Waals surface area contributed by atoms with Gasteiger partial charge >= 0.3 is 5.97 Å². The maximum atomic E-state index is 12.5. The molecule has 154 valence electrons. The zero-order chi connectivity index (χ0) is 19.8. The first-order valence-electron chi connectivity index (χ1n) is 11.3. The number of aromatic nitrogens is 2. The first-order valence-corrected chi connectivity index (χ1v) is 11.3. The maximum absolute atomic E-state index is 12.5. The summed E-state index contributed by atoms with van der Waals surface area (Å²) in [6, 6.07) is 7.67. The van der Waals surface area contributed by atoms with Crippen molar-refractivity contribution in [2.24, 2.45) is 23.7 Å². The molecule has 0 amide bonds. The lowest BCUT2D eigenvalue weighted by Gasteiger charge is -2.53. The predicted octanol–water partition coefficient (Wildman–Crippen LogP) is 4.99. The normalized spacial score (nSPS) is 30.0. The Kier molecular flexibility index (Phi) is 5.15. The number of unbranched alkanes of at least 4 members (excludes halogenated alkanes) is 2. The number of carbonyl (C=O) groups excluding carboxylic acids is 2. The van der Waals surface area contributed by atoms with E-state index < -0.39 is 0 Å². The molecule has 4 fully saturated rings. The van der Waals surface area contributed by atoms with Crippen molar-refractivity contribution in [1.82, 2.24) is 9.55 Å². The molecule has 0 N–H and O–H groups in total. The van der Waals surface area contributed by atoms with Crippen molar-refractivity contribution >= 4 is 22.9 Å². The largest absolute Gasteiger partial charge is 0.462 e. The third-order valence-electron chi connectivity index (χ3n) is 7.40. The van der Waals surface area contributed by atoms with Crippen LogP contribution < -0.4 is 0 Å². The number of esters is 1. The van der Waals surface area contributed by atoms with Gasteiger partial charge in [-0.05, 0) is 80.8 Å². The number of carbonyl (C=O) groups is 2. The Balaban J connectivity index is 1.03. The lowest BCUT2D eigenvalue weighted by atomic mass is 9.55. The summed E-state index contributed by atoms with van der Waals surface area (Å²) in [4.78, 5) is 29.1. The highest BCUT2D eigenvalue weighted by Gasteiger charge is 2.49. The smallest absolute Gasteiger partial charge is 0.306 e. The topological polar surface area (TPSA) is 61.2 Å². The van der Waals surface area contributed by atoms with E-state index in [4.69, 9.17) is 4.74 Å². The highest BCUT2D eigenvalue weighted by Crippen LogP contribution is 2.54. The fourth-order valence-corrected chi connectivity index (χ4v) is 6.28. The van der Waals surface area contributed by atoms with Crippen LogP contribution in [0.2, 0.25) is 0 Å². The van der Waals surface area contributed by atoms with Gasteiger partial charge in [-0.25, -0.2) is 4.98 Å². The molecule has 4 aliphatic carbocycles. The molecule has 4 bridgehead atoms. The number of ether oxygens (including phenoxy) is 1. The van der Waals surface area contributed by atoms with Gasteiger partial charge in [0.05, 0.1) is 11.0 Å². The average Bonchev–Trinajstić information content (AvgIpc) is 3.14. The summed E-state index contributed by atoms with van der Waals surface area (Å²) in [6.07, 6.45) is 11.7. The number of para-hydroxylation sites is 2. The molecule has 0 atom stereocenters. The average molecular weight is 395 g/mol. The van der Waals surface area contributed by atoms with Gasteiger partial charge in [-0.15, -0.1) is 0 Å². The van der Waals surface area contributed by atoms with E-state index in [-0.39, 0.29) is 18.0 Å². The standard InChI is InChI=1S/C24H30N2O3/c27-22(26-15-25-20-6-4-5-7-21(20)26)8-2-1-3-9-23(28)29-24-18-11-16-10-17(13-18)14-19(24)12-16/h4-7,15-19,24H,1-3,8-14H2. The predicted molar refractivity (Wildman–Crippen MR) is 110 cm³/mol. The molecule has 0 saturated heterocycles. The van der Waals surface area contributed by atoms with Crippen molar-refractivity contribution in [3.8, 4) is 0 Å². The van der Waals surface area contributed by atoms with E-state index in [2.05, 4.69) is 4.98 Å². The summed E-state index contributed by atoms with van der Waals surface area (Å²) in [5.41, 5.74) is 1.70. The molecule has 0 unspecified atom stereocenters. The van der Waals surface area contributed by atoms with Crippen LogP contribution in [0.15, 0.2) is 30.6 Å². The first kappa shape index (κ1) is 18.8. The van der Waals surface area contributed by atoms with Gasteiger partial charge in [-0.1, -0.05) is 18.6 Å². The zero-order valence-electron chi connectivity index (χ0n) is 17.0. The molecule has 29 heavy (non-hydrogen) atoms. The molecule has 0 radical (unpaired) electrons. The number of hydrogen-bond donors (Lipinski definition) is 0. The quantitative estimate of drug-likeness (QED) is 0.490. The molecule has 5 heteroatoms. The number of nitrogens with zero attached hydrogens (tertiary/aromatic N) is 2. The van der Waals surface area contributed by atoms with Crippen LogP contribution in [0.1, 0.15) is 69.0 Å². The minimum atomic E-state index is -0.0330. The second kappa shape index (κ2) is 7.92. The summed E-state index contributed by atoms with van der Waals surface area (Å²) >= 11 is 0. The summed E-state index contributed by atoms with van der Waals surface area (Å²) in [7, 11) is 0. The van der Waals surface area contributed by atoms with Gasteiger partial charge in [0, 0.05) is 12.8 Å². The molecule has 1 aromatic carbocycles. The van der Waals surface area contributed by atoms with Crippen molar-refractivity contribution in [1.29, 1.82) is 0 Å². The van der Waals surface area contributed by atoms with Gasteiger partial charge in [-0.3, -0.25) is 14.2 Å². The Morgan fingerprint density at radius 3 is 2.38 bits per heavy atom. The van der Waals surface area contributed by atoms with E-state index in [1.807, 2.05) is 24.3 Å². The fourth-order valence-electron chi connectivity index (χ4n) is 6.28. The SMILES string of the molecule is O=C(CCCCCC(=O)n1cnc2ccccc21)OC1C2CC3CC(C2)CC1C3. The Morgan fingerprint density at radius 2 is 1.62 bits per heavy atom. The molecule has 0 spiro atoms. The monoisotopic (exact) mass is 394 g/mol. The van der Waals surface area contributed by atoms with Crippen molar-refractivity contribution in [2.75, 3.05) is 0 Å². The van der Waals surface area contributed by atoms with E-state index in [9.17, 15) is 9.59 Å². The second-order valence-electron chi connectivity index (χ2n) is 9.44.